The zero-order valence-corrected chi connectivity index (χ0v) is 12.8. The molecule has 0 saturated carbocycles. The second-order valence-corrected chi connectivity index (χ2v) is 5.32. The van der Waals surface area contributed by atoms with Gasteiger partial charge >= 0.3 is 0 Å². The lowest BCUT2D eigenvalue weighted by atomic mass is 10.1. The highest BCUT2D eigenvalue weighted by Crippen LogP contribution is 2.34. The van der Waals surface area contributed by atoms with Crippen LogP contribution in [0.5, 0.6) is 5.75 Å². The molecule has 4 nitrogen and oxygen atoms in total. The fourth-order valence-electron chi connectivity index (χ4n) is 2.32. The minimum atomic E-state index is 0.141. The van der Waals surface area contributed by atoms with Crippen LogP contribution in [0, 0.1) is 0 Å². The van der Waals surface area contributed by atoms with E-state index in [1.165, 1.54) is 10.4 Å². The number of thiophene rings is 1. The molecule has 0 aliphatic carbocycles. The Kier molecular flexibility index (Phi) is 4.61. The molecule has 2 aromatic heterocycles. The molecule has 0 bridgehead atoms. The van der Waals surface area contributed by atoms with Crippen LogP contribution in [0.25, 0.3) is 0 Å². The highest BCUT2D eigenvalue weighted by molar-refractivity contribution is 7.10. The summed E-state index contributed by atoms with van der Waals surface area (Å²) in [6.45, 7) is 5.21. The molecule has 0 saturated heterocycles. The van der Waals surface area contributed by atoms with E-state index in [1.54, 1.807) is 24.6 Å². The zero-order chi connectivity index (χ0) is 13.8. The van der Waals surface area contributed by atoms with Crippen molar-refractivity contribution in [2.75, 3.05) is 13.7 Å². The molecule has 0 fully saturated rings. The van der Waals surface area contributed by atoms with Gasteiger partial charge in [0.25, 0.3) is 0 Å². The van der Waals surface area contributed by atoms with Gasteiger partial charge in [0.15, 0.2) is 5.75 Å². The lowest BCUT2D eigenvalue weighted by molar-refractivity contribution is 0.401. The summed E-state index contributed by atoms with van der Waals surface area (Å²) in [4.78, 5) is 1.35. The van der Waals surface area contributed by atoms with Crippen LogP contribution < -0.4 is 10.1 Å². The first-order valence-electron chi connectivity index (χ1n) is 6.58. The van der Waals surface area contributed by atoms with Crippen LogP contribution in [0.4, 0.5) is 0 Å². The van der Waals surface area contributed by atoms with Crippen molar-refractivity contribution in [3.05, 3.63) is 33.8 Å². The Labute approximate surface area is 118 Å². The summed E-state index contributed by atoms with van der Waals surface area (Å²) >= 11 is 1.79. The number of aryl methyl sites for hydroxylation is 2. The van der Waals surface area contributed by atoms with Gasteiger partial charge in [-0.1, -0.05) is 13.8 Å². The molecule has 0 aromatic carbocycles. The Morgan fingerprint density at radius 1 is 1.47 bits per heavy atom. The average molecular weight is 279 g/mol. The lowest BCUT2D eigenvalue weighted by Gasteiger charge is -2.19. The Hall–Kier alpha value is -1.33. The molecule has 2 aromatic rings. The monoisotopic (exact) mass is 279 g/mol. The predicted octanol–water partition coefficient (Wildman–Crippen LogP) is 2.75. The third-order valence-corrected chi connectivity index (χ3v) is 4.30. The number of nitrogens with zero attached hydrogens (tertiary/aromatic N) is 2. The summed E-state index contributed by atoms with van der Waals surface area (Å²) in [5.41, 5.74) is 2.47. The lowest BCUT2D eigenvalue weighted by Crippen LogP contribution is -2.24. The van der Waals surface area contributed by atoms with Crippen molar-refractivity contribution in [3.63, 3.8) is 0 Å². The first kappa shape index (κ1) is 14.1. The van der Waals surface area contributed by atoms with Crippen molar-refractivity contribution in [1.82, 2.24) is 15.1 Å². The molecule has 2 heterocycles. The van der Waals surface area contributed by atoms with E-state index >= 15 is 0 Å². The molecule has 0 aliphatic rings. The van der Waals surface area contributed by atoms with Crippen LogP contribution >= 0.6 is 11.3 Å². The summed E-state index contributed by atoms with van der Waals surface area (Å²) in [5, 5.41) is 10.0. The van der Waals surface area contributed by atoms with Gasteiger partial charge < -0.3 is 10.1 Å². The third kappa shape index (κ3) is 2.67. The number of rotatable bonds is 6. The molecule has 5 heteroatoms. The second kappa shape index (κ2) is 6.21. The number of hydrogen-bond acceptors (Lipinski definition) is 4. The first-order valence-corrected chi connectivity index (χ1v) is 7.46. The van der Waals surface area contributed by atoms with Crippen molar-refractivity contribution in [1.29, 1.82) is 0 Å². The summed E-state index contributed by atoms with van der Waals surface area (Å²) in [5.74, 6) is 0.837. The average Bonchev–Trinajstić information content (AvgIpc) is 3.02. The highest BCUT2D eigenvalue weighted by Gasteiger charge is 2.24. The van der Waals surface area contributed by atoms with Crippen molar-refractivity contribution < 1.29 is 4.74 Å². The van der Waals surface area contributed by atoms with Gasteiger partial charge in [-0.15, -0.1) is 11.3 Å². The second-order valence-electron chi connectivity index (χ2n) is 4.38. The molecule has 104 valence electrons. The zero-order valence-electron chi connectivity index (χ0n) is 11.9. The summed E-state index contributed by atoms with van der Waals surface area (Å²) in [6, 6.07) is 2.34. The van der Waals surface area contributed by atoms with E-state index in [-0.39, 0.29) is 6.04 Å². The largest absolute Gasteiger partial charge is 0.493 e. The molecular weight excluding hydrogens is 258 g/mol. The van der Waals surface area contributed by atoms with Gasteiger partial charge in [0.2, 0.25) is 0 Å². The Bertz CT molecular complexity index is 533. The summed E-state index contributed by atoms with van der Waals surface area (Å²) in [6.07, 6.45) is 2.82. The standard InChI is InChI=1S/C14H21N3OS/c1-5-10-7-8-19-14(10)12(15-6-2)13-11(18-4)9-16-17(13)3/h7-9,12,15H,5-6H2,1-4H3. The maximum atomic E-state index is 5.45. The quantitative estimate of drug-likeness (QED) is 0.883. The van der Waals surface area contributed by atoms with Crippen LogP contribution in [0.3, 0.4) is 0 Å². The van der Waals surface area contributed by atoms with Gasteiger partial charge in [-0.2, -0.15) is 5.10 Å². The smallest absolute Gasteiger partial charge is 0.161 e. The summed E-state index contributed by atoms with van der Waals surface area (Å²) in [7, 11) is 3.65. The van der Waals surface area contributed by atoms with Crippen LogP contribution in [0.2, 0.25) is 0 Å². The molecule has 0 amide bonds. The molecule has 1 unspecified atom stereocenters. The topological polar surface area (TPSA) is 39.1 Å². The van der Waals surface area contributed by atoms with E-state index in [1.807, 2.05) is 11.7 Å². The molecule has 2 rings (SSSR count). The van der Waals surface area contributed by atoms with E-state index in [2.05, 4.69) is 35.7 Å². The van der Waals surface area contributed by atoms with Gasteiger partial charge in [0.05, 0.1) is 19.3 Å². The fourth-order valence-corrected chi connectivity index (χ4v) is 3.40. The maximum Gasteiger partial charge on any atom is 0.161 e. The Morgan fingerprint density at radius 3 is 2.89 bits per heavy atom. The molecule has 0 spiro atoms. The number of nitrogens with one attached hydrogen (secondary N) is 1. The van der Waals surface area contributed by atoms with E-state index < -0.39 is 0 Å². The number of methoxy groups -OCH3 is 1. The van der Waals surface area contributed by atoms with Crippen molar-refractivity contribution in [2.45, 2.75) is 26.3 Å². The van der Waals surface area contributed by atoms with Crippen LogP contribution in [0.1, 0.15) is 36.0 Å². The van der Waals surface area contributed by atoms with Crippen molar-refractivity contribution in [2.24, 2.45) is 7.05 Å². The van der Waals surface area contributed by atoms with Gasteiger partial charge in [-0.25, -0.2) is 0 Å². The van der Waals surface area contributed by atoms with Crippen molar-refractivity contribution in [3.8, 4) is 5.75 Å². The fraction of sp³-hybridized carbons (Fsp3) is 0.500. The van der Waals surface area contributed by atoms with Gasteiger partial charge in [-0.05, 0) is 30.0 Å². The van der Waals surface area contributed by atoms with E-state index in [9.17, 15) is 0 Å². The van der Waals surface area contributed by atoms with E-state index in [0.29, 0.717) is 0 Å². The van der Waals surface area contributed by atoms with Crippen LogP contribution in [0.15, 0.2) is 17.6 Å². The molecule has 1 atom stereocenters. The van der Waals surface area contributed by atoms with Crippen LogP contribution in [-0.2, 0) is 13.5 Å². The predicted molar refractivity (Wildman–Crippen MR) is 79.0 cm³/mol. The molecule has 1 N–H and O–H groups in total. The molecule has 0 radical (unpaired) electrons. The molecule has 19 heavy (non-hydrogen) atoms. The molecule has 0 aliphatic heterocycles. The molecular formula is C14H21N3OS. The maximum absolute atomic E-state index is 5.45. The first-order chi connectivity index (χ1) is 9.22. The highest BCUT2D eigenvalue weighted by atomic mass is 32.1. The van der Waals surface area contributed by atoms with Gasteiger partial charge in [0, 0.05) is 11.9 Å². The Balaban J connectivity index is 2.48. The van der Waals surface area contributed by atoms with Crippen molar-refractivity contribution >= 4 is 11.3 Å². The van der Waals surface area contributed by atoms with E-state index in [4.69, 9.17) is 4.74 Å². The minimum Gasteiger partial charge on any atom is -0.493 e. The number of ether oxygens (including phenoxy) is 1. The van der Waals surface area contributed by atoms with E-state index in [0.717, 1.165) is 24.4 Å². The minimum absolute atomic E-state index is 0.141. The van der Waals surface area contributed by atoms with Gasteiger partial charge in [-0.3, -0.25) is 4.68 Å². The third-order valence-electron chi connectivity index (χ3n) is 3.27. The number of aromatic nitrogens is 2. The summed E-state index contributed by atoms with van der Waals surface area (Å²) < 4.78 is 7.34. The normalized spacial score (nSPS) is 12.6. The van der Waals surface area contributed by atoms with Crippen LogP contribution in [-0.4, -0.2) is 23.4 Å². The van der Waals surface area contributed by atoms with Gasteiger partial charge in [0.1, 0.15) is 5.69 Å². The number of hydrogen-bond donors (Lipinski definition) is 1. The SMILES string of the molecule is CCNC(c1sccc1CC)c1c(OC)cnn1C. The Morgan fingerprint density at radius 2 is 2.26 bits per heavy atom.